The van der Waals surface area contributed by atoms with Crippen LogP contribution in [0.15, 0.2) is 54.6 Å². The van der Waals surface area contributed by atoms with E-state index in [1.54, 1.807) is 36.4 Å². The molecule has 0 amide bonds. The average molecular weight is 347 g/mol. The summed E-state index contributed by atoms with van der Waals surface area (Å²) < 4.78 is 0. The zero-order valence-electron chi connectivity index (χ0n) is 13.5. The van der Waals surface area contributed by atoms with Gasteiger partial charge in [-0.1, -0.05) is 12.1 Å². The third-order valence-corrected chi connectivity index (χ3v) is 4.64. The number of benzene rings is 3. The average Bonchev–Trinajstić information content (AvgIpc) is 2.99. The molecule has 0 aliphatic heterocycles. The van der Waals surface area contributed by atoms with Crippen LogP contribution in [0.1, 0.15) is 11.1 Å². The van der Waals surface area contributed by atoms with Gasteiger partial charge in [0.1, 0.15) is 0 Å². The van der Waals surface area contributed by atoms with Crippen LogP contribution in [-0.4, -0.2) is 9.85 Å². The van der Waals surface area contributed by atoms with Gasteiger partial charge in [0.2, 0.25) is 0 Å². The van der Waals surface area contributed by atoms with Crippen molar-refractivity contribution in [3.05, 3.63) is 86.0 Å². The van der Waals surface area contributed by atoms with E-state index in [1.807, 2.05) is 0 Å². The lowest BCUT2D eigenvalue weighted by molar-refractivity contribution is -0.384. The molecule has 0 unspecified atom stereocenters. The van der Waals surface area contributed by atoms with Crippen LogP contribution in [0.25, 0.3) is 22.3 Å². The van der Waals surface area contributed by atoms with Crippen molar-refractivity contribution in [1.82, 2.24) is 0 Å². The van der Waals surface area contributed by atoms with Gasteiger partial charge in [-0.25, -0.2) is 0 Å². The van der Waals surface area contributed by atoms with Gasteiger partial charge in [0.05, 0.1) is 15.4 Å². The second-order valence-corrected chi connectivity index (χ2v) is 6.14. The fourth-order valence-electron chi connectivity index (χ4n) is 3.49. The minimum absolute atomic E-state index is 0.0100. The van der Waals surface area contributed by atoms with Crippen LogP contribution in [-0.2, 0) is 6.42 Å². The maximum absolute atomic E-state index is 11.6. The fraction of sp³-hybridized carbons (Fsp3) is 0.0526. The molecule has 128 valence electrons. The summed E-state index contributed by atoms with van der Waals surface area (Å²) in [6, 6.07) is 14.8. The molecule has 1 aliphatic carbocycles. The number of nitro groups is 2. The Morgan fingerprint density at radius 2 is 1.54 bits per heavy atom. The first kappa shape index (κ1) is 15.8. The molecule has 3 aromatic rings. The molecule has 0 saturated carbocycles. The van der Waals surface area contributed by atoms with Crippen molar-refractivity contribution in [2.45, 2.75) is 6.42 Å². The summed E-state index contributed by atoms with van der Waals surface area (Å²) in [4.78, 5) is 21.8. The molecular formula is C19H13N3O4. The molecule has 7 heteroatoms. The Morgan fingerprint density at radius 1 is 0.846 bits per heavy atom. The zero-order chi connectivity index (χ0) is 18.4. The highest BCUT2D eigenvalue weighted by Crippen LogP contribution is 2.46. The Balaban J connectivity index is 1.95. The number of nitrogen functional groups attached to an aromatic ring is 1. The summed E-state index contributed by atoms with van der Waals surface area (Å²) >= 11 is 0. The Labute approximate surface area is 148 Å². The van der Waals surface area contributed by atoms with Crippen molar-refractivity contribution in [1.29, 1.82) is 0 Å². The molecule has 0 fully saturated rings. The number of non-ortho nitro benzene ring substituents is 1. The number of hydrogen-bond donors (Lipinski definition) is 1. The first-order valence-electron chi connectivity index (χ1n) is 7.89. The first-order chi connectivity index (χ1) is 12.5. The Hall–Kier alpha value is -3.74. The smallest absolute Gasteiger partial charge is 0.277 e. The predicted molar refractivity (Wildman–Crippen MR) is 97.8 cm³/mol. The van der Waals surface area contributed by atoms with Gasteiger partial charge in [-0.3, -0.25) is 20.2 Å². The third kappa shape index (κ3) is 2.37. The molecule has 3 aromatic carbocycles. The van der Waals surface area contributed by atoms with E-state index in [-0.39, 0.29) is 11.4 Å². The van der Waals surface area contributed by atoms with E-state index >= 15 is 0 Å². The first-order valence-corrected chi connectivity index (χ1v) is 7.89. The van der Waals surface area contributed by atoms with Gasteiger partial charge in [-0.05, 0) is 58.5 Å². The number of nitro benzene ring substituents is 2. The summed E-state index contributed by atoms with van der Waals surface area (Å²) in [6.07, 6.45) is 0.410. The van der Waals surface area contributed by atoms with Crippen LogP contribution in [0.5, 0.6) is 0 Å². The van der Waals surface area contributed by atoms with Gasteiger partial charge in [0, 0.05) is 23.9 Å². The maximum Gasteiger partial charge on any atom is 0.277 e. The van der Waals surface area contributed by atoms with E-state index in [4.69, 9.17) is 5.73 Å². The van der Waals surface area contributed by atoms with Crippen molar-refractivity contribution in [2.24, 2.45) is 0 Å². The van der Waals surface area contributed by atoms with Gasteiger partial charge in [-0.2, -0.15) is 0 Å². The summed E-state index contributed by atoms with van der Waals surface area (Å²) in [6.45, 7) is 0. The lowest BCUT2D eigenvalue weighted by Gasteiger charge is -2.10. The quantitative estimate of drug-likeness (QED) is 0.337. The highest BCUT2D eigenvalue weighted by molar-refractivity contribution is 5.89. The van der Waals surface area contributed by atoms with E-state index in [9.17, 15) is 20.2 Å². The Kier molecular flexibility index (Phi) is 3.43. The molecule has 0 aromatic heterocycles. The van der Waals surface area contributed by atoms with Crippen LogP contribution >= 0.6 is 0 Å². The maximum atomic E-state index is 11.6. The second-order valence-electron chi connectivity index (χ2n) is 6.14. The van der Waals surface area contributed by atoms with Crippen molar-refractivity contribution in [3.63, 3.8) is 0 Å². The van der Waals surface area contributed by atoms with E-state index in [0.717, 1.165) is 22.3 Å². The van der Waals surface area contributed by atoms with Crippen LogP contribution in [0, 0.1) is 20.2 Å². The predicted octanol–water partition coefficient (Wildman–Crippen LogP) is 4.32. The van der Waals surface area contributed by atoms with Crippen LogP contribution in [0.4, 0.5) is 17.1 Å². The minimum Gasteiger partial charge on any atom is -0.399 e. The normalized spacial score (nSPS) is 11.7. The summed E-state index contributed by atoms with van der Waals surface area (Å²) in [5.74, 6) is 0. The third-order valence-electron chi connectivity index (χ3n) is 4.64. The van der Waals surface area contributed by atoms with Crippen molar-refractivity contribution < 1.29 is 9.85 Å². The SMILES string of the molecule is Nc1ccc(-c2c([N+](=O)[O-])ccc3c2Cc2cc([N+](=O)[O-])ccc2-3)cc1. The number of fused-ring (bicyclic) bond motifs is 3. The lowest BCUT2D eigenvalue weighted by atomic mass is 9.94. The topological polar surface area (TPSA) is 112 Å². The van der Waals surface area contributed by atoms with Crippen molar-refractivity contribution >= 4 is 17.1 Å². The number of hydrogen-bond acceptors (Lipinski definition) is 5. The molecule has 0 heterocycles. The second kappa shape index (κ2) is 5.66. The van der Waals surface area contributed by atoms with Crippen LogP contribution < -0.4 is 5.73 Å². The largest absolute Gasteiger partial charge is 0.399 e. The molecule has 1 aliphatic rings. The molecule has 0 saturated heterocycles. The summed E-state index contributed by atoms with van der Waals surface area (Å²) in [7, 11) is 0. The van der Waals surface area contributed by atoms with E-state index < -0.39 is 9.85 Å². The Morgan fingerprint density at radius 3 is 2.19 bits per heavy atom. The molecule has 0 bridgehead atoms. The van der Waals surface area contributed by atoms with E-state index in [2.05, 4.69) is 0 Å². The molecular weight excluding hydrogens is 334 g/mol. The van der Waals surface area contributed by atoms with Crippen molar-refractivity contribution in [2.75, 3.05) is 5.73 Å². The van der Waals surface area contributed by atoms with Crippen LogP contribution in [0.3, 0.4) is 0 Å². The van der Waals surface area contributed by atoms with Gasteiger partial charge in [0.15, 0.2) is 0 Å². The van der Waals surface area contributed by atoms with Gasteiger partial charge >= 0.3 is 0 Å². The standard InChI is InChI=1S/C19H13N3O4/c20-13-3-1-11(2-4-13)19-17-10-12-9-14(21(23)24)5-6-15(12)16(17)7-8-18(19)22(25)26/h1-9H,10,20H2. The monoisotopic (exact) mass is 347 g/mol. The minimum atomic E-state index is -0.438. The number of nitrogens with zero attached hydrogens (tertiary/aromatic N) is 2. The lowest BCUT2D eigenvalue weighted by Crippen LogP contribution is -1.97. The molecule has 0 radical (unpaired) electrons. The summed E-state index contributed by atoms with van der Waals surface area (Å²) in [5.41, 5.74) is 10.9. The molecule has 26 heavy (non-hydrogen) atoms. The number of anilines is 1. The van der Waals surface area contributed by atoms with Gasteiger partial charge in [0.25, 0.3) is 11.4 Å². The number of rotatable bonds is 3. The van der Waals surface area contributed by atoms with Gasteiger partial charge < -0.3 is 5.73 Å². The number of nitrogens with two attached hydrogens (primary N) is 1. The van der Waals surface area contributed by atoms with Crippen molar-refractivity contribution in [3.8, 4) is 22.3 Å². The van der Waals surface area contributed by atoms with Gasteiger partial charge in [-0.15, -0.1) is 0 Å². The molecule has 0 spiro atoms. The molecule has 0 atom stereocenters. The highest BCUT2D eigenvalue weighted by atomic mass is 16.6. The summed E-state index contributed by atoms with van der Waals surface area (Å²) in [5, 5.41) is 22.6. The van der Waals surface area contributed by atoms with E-state index in [0.29, 0.717) is 23.2 Å². The molecule has 7 nitrogen and oxygen atoms in total. The fourth-order valence-corrected chi connectivity index (χ4v) is 3.49. The van der Waals surface area contributed by atoms with E-state index in [1.165, 1.54) is 18.2 Å². The molecule has 4 rings (SSSR count). The zero-order valence-corrected chi connectivity index (χ0v) is 13.5. The molecule has 2 N–H and O–H groups in total. The van der Waals surface area contributed by atoms with Crippen LogP contribution in [0.2, 0.25) is 0 Å². The highest BCUT2D eigenvalue weighted by Gasteiger charge is 2.29. The Bertz CT molecular complexity index is 1070.